The summed E-state index contributed by atoms with van der Waals surface area (Å²) in [6.45, 7) is 2.28. The summed E-state index contributed by atoms with van der Waals surface area (Å²) in [5.74, 6) is 1.07. The molecule has 0 amide bonds. The highest BCUT2D eigenvalue weighted by atomic mass is 32.2. The Morgan fingerprint density at radius 3 is 2.29 bits per heavy atom. The highest BCUT2D eigenvalue weighted by Crippen LogP contribution is 2.37. The number of methoxy groups -OCH3 is 2. The number of aromatic amines is 1. The second kappa shape index (κ2) is 9.14. The van der Waals surface area contributed by atoms with Crippen LogP contribution in [0.3, 0.4) is 0 Å². The maximum absolute atomic E-state index is 12.6. The van der Waals surface area contributed by atoms with Crippen molar-refractivity contribution in [2.75, 3.05) is 27.1 Å². The molecule has 0 unspecified atom stereocenters. The fraction of sp³-hybridized carbons (Fsp3) is 0.273. The van der Waals surface area contributed by atoms with Crippen LogP contribution in [0.15, 0.2) is 41.2 Å². The van der Waals surface area contributed by atoms with E-state index in [1.54, 1.807) is 41.0 Å². The first-order valence-corrected chi connectivity index (χ1v) is 12.3. The molecule has 12 heteroatoms. The average Bonchev–Trinajstić information content (AvgIpc) is 3.15. The van der Waals surface area contributed by atoms with Crippen LogP contribution in [0.2, 0.25) is 0 Å². The highest BCUT2D eigenvalue weighted by molar-refractivity contribution is 7.89. The van der Waals surface area contributed by atoms with Crippen molar-refractivity contribution < 1.29 is 22.6 Å². The van der Waals surface area contributed by atoms with Crippen LogP contribution in [0.4, 0.5) is 0 Å². The maximum Gasteiger partial charge on any atom is 0.272 e. The number of ether oxygens (including phenoxy) is 3. The van der Waals surface area contributed by atoms with Gasteiger partial charge in [0.25, 0.3) is 5.56 Å². The number of para-hydroxylation sites is 1. The average molecular weight is 486 g/mol. The summed E-state index contributed by atoms with van der Waals surface area (Å²) < 4.78 is 42.1. The zero-order valence-corrected chi connectivity index (χ0v) is 19.8. The molecular formula is C22H23N5O6S. The van der Waals surface area contributed by atoms with Gasteiger partial charge in [-0.1, -0.05) is 12.1 Å². The van der Waals surface area contributed by atoms with Crippen LogP contribution in [0.5, 0.6) is 17.4 Å². The molecule has 0 spiro atoms. The lowest BCUT2D eigenvalue weighted by Gasteiger charge is -2.16. The van der Waals surface area contributed by atoms with Crippen LogP contribution in [0.1, 0.15) is 12.6 Å². The number of aromatic nitrogens is 5. The molecule has 0 fully saturated rings. The Morgan fingerprint density at radius 2 is 1.68 bits per heavy atom. The molecule has 4 aromatic rings. The standard InChI is InChI=1S/C22H23N5O6S/c1-5-33-17-11-6-8-13(23-17)20-25-19-21(24-14(22(28)26-19)12-34(4,29)30)27(20)18-15(31-2)9-7-10-16(18)32-3/h6-11H,5,12H2,1-4H3,(H,26,28). The Kier molecular flexibility index (Phi) is 6.24. The molecule has 4 rings (SSSR count). The van der Waals surface area contributed by atoms with Gasteiger partial charge in [-0.2, -0.15) is 0 Å². The normalized spacial score (nSPS) is 11.5. The summed E-state index contributed by atoms with van der Waals surface area (Å²) in [5, 5.41) is 0. The Hall–Kier alpha value is -3.93. The van der Waals surface area contributed by atoms with Crippen molar-refractivity contribution in [3.05, 3.63) is 52.4 Å². The van der Waals surface area contributed by atoms with Crippen LogP contribution in [-0.2, 0) is 15.6 Å². The molecule has 3 aromatic heterocycles. The predicted molar refractivity (Wildman–Crippen MR) is 126 cm³/mol. The fourth-order valence-corrected chi connectivity index (χ4v) is 4.20. The number of pyridine rings is 1. The molecule has 0 aliphatic heterocycles. The quantitative estimate of drug-likeness (QED) is 0.398. The van der Waals surface area contributed by atoms with Gasteiger partial charge in [-0.15, -0.1) is 0 Å². The van der Waals surface area contributed by atoms with E-state index in [0.717, 1.165) is 6.26 Å². The maximum atomic E-state index is 12.6. The number of fused-ring (bicyclic) bond motifs is 1. The molecule has 0 aliphatic rings. The summed E-state index contributed by atoms with van der Waals surface area (Å²) in [4.78, 5) is 28.7. The van der Waals surface area contributed by atoms with Gasteiger partial charge in [-0.3, -0.25) is 9.36 Å². The summed E-state index contributed by atoms with van der Waals surface area (Å²) in [5.41, 5.74) is 0.444. The topological polar surface area (TPSA) is 138 Å². The Morgan fingerprint density at radius 1 is 1.00 bits per heavy atom. The van der Waals surface area contributed by atoms with Crippen molar-refractivity contribution in [3.8, 4) is 34.6 Å². The zero-order chi connectivity index (χ0) is 24.5. The number of nitrogens with one attached hydrogen (secondary N) is 1. The van der Waals surface area contributed by atoms with Crippen LogP contribution in [0.25, 0.3) is 28.5 Å². The third-order valence-electron chi connectivity index (χ3n) is 4.86. The predicted octanol–water partition coefficient (Wildman–Crippen LogP) is 2.13. The number of H-pyrrole nitrogens is 1. The minimum atomic E-state index is -3.52. The van der Waals surface area contributed by atoms with Crippen LogP contribution in [0, 0.1) is 0 Å². The van der Waals surface area contributed by atoms with Gasteiger partial charge in [0.2, 0.25) is 5.88 Å². The van der Waals surface area contributed by atoms with Gasteiger partial charge in [0.05, 0.1) is 26.6 Å². The van der Waals surface area contributed by atoms with E-state index in [-0.39, 0.29) is 17.0 Å². The highest BCUT2D eigenvalue weighted by Gasteiger charge is 2.25. The minimum absolute atomic E-state index is 0.147. The van der Waals surface area contributed by atoms with E-state index >= 15 is 0 Å². The molecule has 178 valence electrons. The van der Waals surface area contributed by atoms with Gasteiger partial charge in [-0.05, 0) is 25.1 Å². The SMILES string of the molecule is CCOc1cccc(-c2nc3[nH]c(=O)c(CS(C)(=O)=O)nc3n2-c2c(OC)cccc2OC)n1. The third kappa shape index (κ3) is 4.44. The summed E-state index contributed by atoms with van der Waals surface area (Å²) in [6.07, 6.45) is 1.04. The molecule has 0 saturated heterocycles. The fourth-order valence-electron chi connectivity index (χ4n) is 3.51. The van der Waals surface area contributed by atoms with Crippen molar-refractivity contribution in [1.29, 1.82) is 0 Å². The van der Waals surface area contributed by atoms with Gasteiger partial charge >= 0.3 is 0 Å². The number of hydrogen-bond acceptors (Lipinski definition) is 9. The van der Waals surface area contributed by atoms with E-state index in [2.05, 4.69) is 19.9 Å². The third-order valence-corrected chi connectivity index (χ3v) is 5.66. The van der Waals surface area contributed by atoms with Gasteiger partial charge in [0.15, 0.2) is 27.0 Å². The molecule has 0 saturated carbocycles. The largest absolute Gasteiger partial charge is 0.494 e. The molecule has 0 bridgehead atoms. The van der Waals surface area contributed by atoms with Crippen molar-refractivity contribution in [2.45, 2.75) is 12.7 Å². The van der Waals surface area contributed by atoms with E-state index in [1.165, 1.54) is 14.2 Å². The Bertz CT molecular complexity index is 1500. The first kappa shape index (κ1) is 23.2. The van der Waals surface area contributed by atoms with Crippen molar-refractivity contribution >= 4 is 21.1 Å². The first-order valence-electron chi connectivity index (χ1n) is 10.3. The Balaban J connectivity index is 2.11. The number of benzene rings is 1. The number of rotatable bonds is 8. The lowest BCUT2D eigenvalue weighted by atomic mass is 10.2. The van der Waals surface area contributed by atoms with Gasteiger partial charge in [0.1, 0.15) is 28.6 Å². The monoisotopic (exact) mass is 485 g/mol. The van der Waals surface area contributed by atoms with E-state index in [4.69, 9.17) is 14.2 Å². The second-order valence-electron chi connectivity index (χ2n) is 7.33. The smallest absolute Gasteiger partial charge is 0.272 e. The molecule has 0 atom stereocenters. The molecule has 3 heterocycles. The number of hydrogen-bond donors (Lipinski definition) is 1. The molecule has 1 N–H and O–H groups in total. The van der Waals surface area contributed by atoms with Crippen molar-refractivity contribution in [1.82, 2.24) is 24.5 Å². The number of nitrogens with zero attached hydrogens (tertiary/aromatic N) is 4. The Labute approximate surface area is 195 Å². The van der Waals surface area contributed by atoms with Crippen molar-refractivity contribution in [3.63, 3.8) is 0 Å². The molecule has 0 aliphatic carbocycles. The lowest BCUT2D eigenvalue weighted by molar-refractivity contribution is 0.327. The lowest BCUT2D eigenvalue weighted by Crippen LogP contribution is -2.19. The van der Waals surface area contributed by atoms with Crippen LogP contribution >= 0.6 is 0 Å². The first-order chi connectivity index (χ1) is 16.3. The van der Waals surface area contributed by atoms with Crippen LogP contribution in [-0.4, -0.2) is 60.0 Å². The molecule has 34 heavy (non-hydrogen) atoms. The van der Waals surface area contributed by atoms with Gasteiger partial charge in [-0.25, -0.2) is 23.4 Å². The van der Waals surface area contributed by atoms with E-state index in [1.807, 2.05) is 6.92 Å². The zero-order valence-electron chi connectivity index (χ0n) is 19.0. The molecule has 1 aromatic carbocycles. The number of sulfone groups is 1. The van der Waals surface area contributed by atoms with Crippen LogP contribution < -0.4 is 19.8 Å². The molecule has 0 radical (unpaired) electrons. The van der Waals surface area contributed by atoms with E-state index in [0.29, 0.717) is 41.2 Å². The number of imidazole rings is 1. The molecule has 11 nitrogen and oxygen atoms in total. The van der Waals surface area contributed by atoms with Gasteiger partial charge < -0.3 is 19.2 Å². The second-order valence-corrected chi connectivity index (χ2v) is 9.47. The van der Waals surface area contributed by atoms with Gasteiger partial charge in [0, 0.05) is 12.3 Å². The summed E-state index contributed by atoms with van der Waals surface area (Å²) in [7, 11) is -0.501. The van der Waals surface area contributed by atoms with Crippen molar-refractivity contribution in [2.24, 2.45) is 0 Å². The summed E-state index contributed by atoms with van der Waals surface area (Å²) in [6, 6.07) is 10.5. The summed E-state index contributed by atoms with van der Waals surface area (Å²) >= 11 is 0. The minimum Gasteiger partial charge on any atom is -0.494 e. The molecular weight excluding hydrogens is 462 g/mol. The van der Waals surface area contributed by atoms with E-state index in [9.17, 15) is 13.2 Å². The van der Waals surface area contributed by atoms with E-state index < -0.39 is 21.1 Å².